The lowest BCUT2D eigenvalue weighted by Gasteiger charge is -2.27. The summed E-state index contributed by atoms with van der Waals surface area (Å²) in [6.07, 6.45) is 2.56. The summed E-state index contributed by atoms with van der Waals surface area (Å²) in [5, 5.41) is 0. The van der Waals surface area contributed by atoms with Gasteiger partial charge in [0.25, 0.3) is 0 Å². The Kier molecular flexibility index (Phi) is 7.51. The van der Waals surface area contributed by atoms with Crippen molar-refractivity contribution in [3.05, 3.63) is 0 Å². The second-order valence-electron chi connectivity index (χ2n) is 3.26. The zero-order valence-corrected chi connectivity index (χ0v) is 8.97. The van der Waals surface area contributed by atoms with E-state index in [1.165, 1.54) is 12.8 Å². The number of rotatable bonds is 7. The quantitative estimate of drug-likeness (QED) is 0.585. The first kappa shape index (κ1) is 11.9. The lowest BCUT2D eigenvalue weighted by Crippen LogP contribution is -2.35. The molecule has 0 N–H and O–H groups in total. The Morgan fingerprint density at radius 3 is 2.42 bits per heavy atom. The molecule has 0 aliphatic rings. The highest BCUT2D eigenvalue weighted by molar-refractivity contribution is 4.64. The van der Waals surface area contributed by atoms with Gasteiger partial charge in [-0.1, -0.05) is 20.3 Å². The van der Waals surface area contributed by atoms with Crippen LogP contribution in [0.1, 0.15) is 33.6 Å². The van der Waals surface area contributed by atoms with Crippen molar-refractivity contribution < 1.29 is 4.74 Å². The molecule has 0 saturated heterocycles. The Labute approximate surface area is 76.9 Å². The molecular weight excluding hydrogens is 150 g/mol. The summed E-state index contributed by atoms with van der Waals surface area (Å²) in [7, 11) is 1.76. The molecule has 1 unspecified atom stereocenters. The van der Waals surface area contributed by atoms with Crippen LogP contribution in [0.5, 0.6) is 0 Å². The molecule has 12 heavy (non-hydrogen) atoms. The average Bonchev–Trinajstić information content (AvgIpc) is 2.06. The molecule has 2 heteroatoms. The summed E-state index contributed by atoms with van der Waals surface area (Å²) in [4.78, 5) is 2.47. The van der Waals surface area contributed by atoms with Crippen molar-refractivity contribution in [3.63, 3.8) is 0 Å². The fourth-order valence-electron chi connectivity index (χ4n) is 1.50. The molecule has 74 valence electrons. The maximum absolute atomic E-state index is 5.06. The van der Waals surface area contributed by atoms with Crippen molar-refractivity contribution in [2.24, 2.45) is 0 Å². The van der Waals surface area contributed by atoms with E-state index in [9.17, 15) is 0 Å². The minimum Gasteiger partial charge on any atom is -0.383 e. The zero-order chi connectivity index (χ0) is 9.40. The van der Waals surface area contributed by atoms with E-state index in [-0.39, 0.29) is 0 Å². The van der Waals surface area contributed by atoms with Crippen LogP contribution in [0.15, 0.2) is 0 Å². The molecule has 0 aromatic rings. The maximum atomic E-state index is 5.06. The fraction of sp³-hybridized carbons (Fsp3) is 1.00. The van der Waals surface area contributed by atoms with Crippen LogP contribution in [0.2, 0.25) is 0 Å². The van der Waals surface area contributed by atoms with Crippen LogP contribution in [-0.2, 0) is 4.74 Å². The first-order chi connectivity index (χ1) is 5.76. The van der Waals surface area contributed by atoms with Crippen LogP contribution in [0.4, 0.5) is 0 Å². The van der Waals surface area contributed by atoms with E-state index in [2.05, 4.69) is 25.7 Å². The van der Waals surface area contributed by atoms with E-state index >= 15 is 0 Å². The molecule has 0 rings (SSSR count). The van der Waals surface area contributed by atoms with Crippen LogP contribution in [0.25, 0.3) is 0 Å². The zero-order valence-electron chi connectivity index (χ0n) is 8.97. The molecular formula is C10H23NO. The van der Waals surface area contributed by atoms with E-state index in [0.717, 1.165) is 19.7 Å². The molecule has 0 aliphatic heterocycles. The number of hydrogen-bond donors (Lipinski definition) is 0. The molecule has 2 nitrogen and oxygen atoms in total. The van der Waals surface area contributed by atoms with E-state index < -0.39 is 0 Å². The highest BCUT2D eigenvalue weighted by Gasteiger charge is 2.09. The Hall–Kier alpha value is -0.0800. The van der Waals surface area contributed by atoms with Crippen molar-refractivity contribution >= 4 is 0 Å². The molecule has 0 heterocycles. The summed E-state index contributed by atoms with van der Waals surface area (Å²) >= 11 is 0. The lowest BCUT2D eigenvalue weighted by molar-refractivity contribution is 0.125. The molecule has 1 atom stereocenters. The molecule has 0 fully saturated rings. The van der Waals surface area contributed by atoms with Crippen molar-refractivity contribution in [1.82, 2.24) is 4.90 Å². The van der Waals surface area contributed by atoms with Gasteiger partial charge in [0, 0.05) is 19.7 Å². The first-order valence-corrected chi connectivity index (χ1v) is 4.99. The topological polar surface area (TPSA) is 12.5 Å². The number of hydrogen-bond acceptors (Lipinski definition) is 2. The summed E-state index contributed by atoms with van der Waals surface area (Å²) in [6.45, 7) is 9.78. The molecule has 0 aromatic heterocycles. The van der Waals surface area contributed by atoms with E-state index in [0.29, 0.717) is 6.04 Å². The minimum absolute atomic E-state index is 0.704. The summed E-state index contributed by atoms with van der Waals surface area (Å²) in [6, 6.07) is 0.704. The van der Waals surface area contributed by atoms with Crippen LogP contribution >= 0.6 is 0 Å². The van der Waals surface area contributed by atoms with Gasteiger partial charge in [-0.2, -0.15) is 0 Å². The van der Waals surface area contributed by atoms with Gasteiger partial charge in [0.1, 0.15) is 0 Å². The Balaban J connectivity index is 3.62. The summed E-state index contributed by atoms with van der Waals surface area (Å²) < 4.78 is 5.06. The van der Waals surface area contributed by atoms with Crippen molar-refractivity contribution in [1.29, 1.82) is 0 Å². The van der Waals surface area contributed by atoms with Crippen LogP contribution in [0.3, 0.4) is 0 Å². The number of ether oxygens (including phenoxy) is 1. The van der Waals surface area contributed by atoms with E-state index in [1.807, 2.05) is 0 Å². The first-order valence-electron chi connectivity index (χ1n) is 4.99. The maximum Gasteiger partial charge on any atom is 0.0589 e. The Morgan fingerprint density at radius 2 is 2.00 bits per heavy atom. The van der Waals surface area contributed by atoms with Crippen LogP contribution in [-0.4, -0.2) is 37.7 Å². The average molecular weight is 173 g/mol. The number of nitrogens with zero attached hydrogens (tertiary/aromatic N) is 1. The predicted molar refractivity (Wildman–Crippen MR) is 53.5 cm³/mol. The van der Waals surface area contributed by atoms with Gasteiger partial charge in [-0.05, 0) is 19.9 Å². The highest BCUT2D eigenvalue weighted by atomic mass is 16.5. The Morgan fingerprint density at radius 1 is 1.33 bits per heavy atom. The van der Waals surface area contributed by atoms with Crippen LogP contribution < -0.4 is 0 Å². The fourth-order valence-corrected chi connectivity index (χ4v) is 1.50. The largest absolute Gasteiger partial charge is 0.383 e. The standard InChI is InChI=1S/C10H23NO/c1-5-7-10(3)11(6-2)8-9-12-4/h10H,5-9H2,1-4H3. The summed E-state index contributed by atoms with van der Waals surface area (Å²) in [5.41, 5.74) is 0. The second kappa shape index (κ2) is 7.56. The lowest BCUT2D eigenvalue weighted by atomic mass is 10.1. The van der Waals surface area contributed by atoms with Crippen molar-refractivity contribution in [2.75, 3.05) is 26.8 Å². The van der Waals surface area contributed by atoms with Gasteiger partial charge in [0.15, 0.2) is 0 Å². The normalized spacial score (nSPS) is 13.8. The summed E-state index contributed by atoms with van der Waals surface area (Å²) in [5.74, 6) is 0. The van der Waals surface area contributed by atoms with E-state index in [4.69, 9.17) is 4.74 Å². The van der Waals surface area contributed by atoms with Gasteiger partial charge in [0.2, 0.25) is 0 Å². The Bertz CT molecular complexity index is 95.8. The van der Waals surface area contributed by atoms with Gasteiger partial charge in [-0.3, -0.25) is 4.90 Å². The highest BCUT2D eigenvalue weighted by Crippen LogP contribution is 2.05. The van der Waals surface area contributed by atoms with Gasteiger partial charge >= 0.3 is 0 Å². The third-order valence-corrected chi connectivity index (χ3v) is 2.32. The monoisotopic (exact) mass is 173 g/mol. The smallest absolute Gasteiger partial charge is 0.0589 e. The third kappa shape index (κ3) is 4.73. The van der Waals surface area contributed by atoms with Crippen molar-refractivity contribution in [3.8, 4) is 0 Å². The number of methoxy groups -OCH3 is 1. The third-order valence-electron chi connectivity index (χ3n) is 2.32. The SMILES string of the molecule is CCCC(C)N(CC)CCOC. The van der Waals surface area contributed by atoms with E-state index in [1.54, 1.807) is 7.11 Å². The molecule has 0 saturated carbocycles. The minimum atomic E-state index is 0.704. The van der Waals surface area contributed by atoms with Gasteiger partial charge in [-0.25, -0.2) is 0 Å². The van der Waals surface area contributed by atoms with Gasteiger partial charge in [-0.15, -0.1) is 0 Å². The van der Waals surface area contributed by atoms with Crippen LogP contribution in [0, 0.1) is 0 Å². The van der Waals surface area contributed by atoms with Gasteiger partial charge in [0.05, 0.1) is 6.61 Å². The molecule has 0 aromatic carbocycles. The molecule has 0 radical (unpaired) electrons. The predicted octanol–water partition coefficient (Wildman–Crippen LogP) is 2.14. The molecule has 0 amide bonds. The van der Waals surface area contributed by atoms with Crippen molar-refractivity contribution in [2.45, 2.75) is 39.7 Å². The number of likely N-dealkylation sites (N-methyl/N-ethyl adjacent to an activating group) is 1. The molecule has 0 spiro atoms. The molecule has 0 bridgehead atoms. The molecule has 0 aliphatic carbocycles. The van der Waals surface area contributed by atoms with Gasteiger partial charge < -0.3 is 4.74 Å². The second-order valence-corrected chi connectivity index (χ2v) is 3.26.